The van der Waals surface area contributed by atoms with Crippen LogP contribution in [0, 0.1) is 0 Å². The van der Waals surface area contributed by atoms with E-state index < -0.39 is 10.0 Å². The van der Waals surface area contributed by atoms with E-state index in [0.717, 1.165) is 37.0 Å². The molecule has 1 N–H and O–H groups in total. The van der Waals surface area contributed by atoms with E-state index >= 15 is 0 Å². The Morgan fingerprint density at radius 2 is 1.67 bits per heavy atom. The van der Waals surface area contributed by atoms with Crippen molar-refractivity contribution in [2.45, 2.75) is 44.4 Å². The Hall–Kier alpha value is -2.38. The Labute approximate surface area is 179 Å². The summed E-state index contributed by atoms with van der Waals surface area (Å²) in [5, 5.41) is 3.05. The van der Waals surface area contributed by atoms with Gasteiger partial charge >= 0.3 is 0 Å². The number of piperidine rings is 1. The average Bonchev–Trinajstić information content (AvgIpc) is 2.78. The van der Waals surface area contributed by atoms with Gasteiger partial charge in [0.15, 0.2) is 0 Å². The van der Waals surface area contributed by atoms with Gasteiger partial charge in [0.25, 0.3) is 5.91 Å². The number of hydrogen-bond acceptors (Lipinski definition) is 4. The first-order valence-corrected chi connectivity index (χ1v) is 12.1. The van der Waals surface area contributed by atoms with E-state index in [1.54, 1.807) is 35.7 Å². The number of nitrogens with one attached hydrogen (secondary N) is 1. The lowest BCUT2D eigenvalue weighted by molar-refractivity contribution is 0.0935. The lowest BCUT2D eigenvalue weighted by Gasteiger charge is -2.25. The monoisotopic (exact) mass is 430 g/mol. The van der Waals surface area contributed by atoms with Crippen LogP contribution >= 0.6 is 0 Å². The van der Waals surface area contributed by atoms with Gasteiger partial charge in [-0.25, -0.2) is 12.7 Å². The number of hydrogen-bond donors (Lipinski definition) is 1. The smallest absolute Gasteiger partial charge is 0.251 e. The van der Waals surface area contributed by atoms with Crippen LogP contribution in [-0.4, -0.2) is 38.8 Å². The first-order chi connectivity index (χ1) is 14.4. The van der Waals surface area contributed by atoms with E-state index in [9.17, 15) is 13.2 Å². The first kappa shape index (κ1) is 22.3. The second-order valence-corrected chi connectivity index (χ2v) is 9.59. The summed E-state index contributed by atoms with van der Waals surface area (Å²) in [4.78, 5) is 12.7. The summed E-state index contributed by atoms with van der Waals surface area (Å²) in [5.41, 5.74) is 2.22. The van der Waals surface area contributed by atoms with Gasteiger partial charge in [0.1, 0.15) is 5.75 Å². The van der Waals surface area contributed by atoms with Crippen LogP contribution in [0.1, 0.15) is 60.1 Å². The predicted octanol–water partition coefficient (Wildman–Crippen LogP) is 3.89. The highest BCUT2D eigenvalue weighted by atomic mass is 32.2. The molecular formula is C23H30N2O4S. The van der Waals surface area contributed by atoms with Gasteiger partial charge in [-0.2, -0.15) is 0 Å². The SMILES string of the molecule is CC[C@H](NC(=O)c1ccc(CS(=O)(=O)N2CCCCC2)cc1)c1ccc(OC)cc1. The molecule has 0 spiro atoms. The number of rotatable bonds is 8. The molecule has 30 heavy (non-hydrogen) atoms. The molecule has 0 aliphatic carbocycles. The van der Waals surface area contributed by atoms with Crippen LogP contribution in [0.3, 0.4) is 0 Å². The van der Waals surface area contributed by atoms with Crippen molar-refractivity contribution in [3.8, 4) is 5.75 Å². The molecule has 1 amide bonds. The summed E-state index contributed by atoms with van der Waals surface area (Å²) in [7, 11) is -1.69. The highest BCUT2D eigenvalue weighted by Gasteiger charge is 2.24. The molecule has 1 saturated heterocycles. The maximum absolute atomic E-state index is 12.7. The molecule has 0 saturated carbocycles. The number of amides is 1. The third kappa shape index (κ3) is 5.61. The number of sulfonamides is 1. The number of ether oxygens (including phenoxy) is 1. The summed E-state index contributed by atoms with van der Waals surface area (Å²) in [6.45, 7) is 3.23. The molecule has 0 unspecified atom stereocenters. The Morgan fingerprint density at radius 1 is 1.03 bits per heavy atom. The third-order valence-corrected chi connectivity index (χ3v) is 7.36. The Morgan fingerprint density at radius 3 is 2.23 bits per heavy atom. The van der Waals surface area contributed by atoms with E-state index in [4.69, 9.17) is 4.74 Å². The minimum atomic E-state index is -3.31. The van der Waals surface area contributed by atoms with E-state index in [1.807, 2.05) is 31.2 Å². The van der Waals surface area contributed by atoms with Gasteiger partial charge in [-0.15, -0.1) is 0 Å². The van der Waals surface area contributed by atoms with Crippen molar-refractivity contribution in [1.82, 2.24) is 9.62 Å². The largest absolute Gasteiger partial charge is 0.497 e. The van der Waals surface area contributed by atoms with Gasteiger partial charge in [-0.1, -0.05) is 37.6 Å². The second kappa shape index (κ2) is 10.1. The number of carbonyl (C=O) groups is 1. The molecule has 2 aromatic rings. The average molecular weight is 431 g/mol. The molecule has 1 heterocycles. The number of benzene rings is 2. The van der Waals surface area contributed by atoms with Gasteiger partial charge in [-0.3, -0.25) is 4.79 Å². The molecule has 3 rings (SSSR count). The fraction of sp³-hybridized carbons (Fsp3) is 0.435. The first-order valence-electron chi connectivity index (χ1n) is 10.4. The predicted molar refractivity (Wildman–Crippen MR) is 118 cm³/mol. The summed E-state index contributed by atoms with van der Waals surface area (Å²) >= 11 is 0. The molecule has 1 atom stereocenters. The van der Waals surface area contributed by atoms with Crippen LogP contribution in [0.2, 0.25) is 0 Å². The highest BCUT2D eigenvalue weighted by molar-refractivity contribution is 7.88. The fourth-order valence-electron chi connectivity index (χ4n) is 3.70. The molecule has 1 aliphatic rings. The van der Waals surface area contributed by atoms with Gasteiger partial charge in [-0.05, 0) is 54.7 Å². The molecule has 1 fully saturated rings. The van der Waals surface area contributed by atoms with Gasteiger partial charge < -0.3 is 10.1 Å². The number of methoxy groups -OCH3 is 1. The molecule has 6 nitrogen and oxygen atoms in total. The van der Waals surface area contributed by atoms with E-state index in [-0.39, 0.29) is 17.7 Å². The maximum atomic E-state index is 12.7. The van der Waals surface area contributed by atoms with E-state index in [0.29, 0.717) is 24.2 Å². The zero-order valence-electron chi connectivity index (χ0n) is 17.6. The van der Waals surface area contributed by atoms with Crippen molar-refractivity contribution in [2.75, 3.05) is 20.2 Å². The van der Waals surface area contributed by atoms with Crippen molar-refractivity contribution in [2.24, 2.45) is 0 Å². The van der Waals surface area contributed by atoms with Crippen LogP contribution in [0.4, 0.5) is 0 Å². The van der Waals surface area contributed by atoms with Crippen LogP contribution in [0.5, 0.6) is 5.75 Å². The fourth-order valence-corrected chi connectivity index (χ4v) is 5.31. The molecule has 7 heteroatoms. The summed E-state index contributed by atoms with van der Waals surface area (Å²) < 4.78 is 32.0. The van der Waals surface area contributed by atoms with E-state index in [2.05, 4.69) is 5.32 Å². The molecule has 1 aliphatic heterocycles. The summed E-state index contributed by atoms with van der Waals surface area (Å²) in [6.07, 6.45) is 3.69. The molecule has 162 valence electrons. The summed E-state index contributed by atoms with van der Waals surface area (Å²) in [5.74, 6) is 0.566. The van der Waals surface area contributed by atoms with Crippen molar-refractivity contribution in [1.29, 1.82) is 0 Å². The molecule has 0 bridgehead atoms. The number of nitrogens with zero attached hydrogens (tertiary/aromatic N) is 1. The third-order valence-electron chi connectivity index (χ3n) is 5.51. The minimum Gasteiger partial charge on any atom is -0.497 e. The van der Waals surface area contributed by atoms with Crippen LogP contribution in [0.25, 0.3) is 0 Å². The molecule has 2 aromatic carbocycles. The zero-order valence-corrected chi connectivity index (χ0v) is 18.5. The molecule has 0 radical (unpaired) electrons. The van der Waals surface area contributed by atoms with Gasteiger partial charge in [0.2, 0.25) is 10.0 Å². The zero-order chi connectivity index (χ0) is 21.6. The minimum absolute atomic E-state index is 0.0294. The number of carbonyl (C=O) groups excluding carboxylic acids is 1. The van der Waals surface area contributed by atoms with Crippen molar-refractivity contribution < 1.29 is 17.9 Å². The van der Waals surface area contributed by atoms with Crippen LogP contribution in [-0.2, 0) is 15.8 Å². The van der Waals surface area contributed by atoms with Gasteiger partial charge in [0.05, 0.1) is 18.9 Å². The van der Waals surface area contributed by atoms with Crippen LogP contribution in [0.15, 0.2) is 48.5 Å². The van der Waals surface area contributed by atoms with Gasteiger partial charge in [0, 0.05) is 18.7 Å². The molecular weight excluding hydrogens is 400 g/mol. The quantitative estimate of drug-likeness (QED) is 0.689. The normalized spacial score (nSPS) is 16.1. The van der Waals surface area contributed by atoms with Crippen molar-refractivity contribution >= 4 is 15.9 Å². The molecule has 0 aromatic heterocycles. The highest BCUT2D eigenvalue weighted by Crippen LogP contribution is 2.21. The Bertz CT molecular complexity index is 934. The standard InChI is InChI=1S/C23H30N2O4S/c1-3-22(19-11-13-21(29-2)14-12-19)24-23(26)20-9-7-18(8-10-20)17-30(27,28)25-15-5-4-6-16-25/h7-14,22H,3-6,15-17H2,1-2H3,(H,24,26)/t22-/m0/s1. The topological polar surface area (TPSA) is 75.7 Å². The Kier molecular flexibility index (Phi) is 7.50. The lowest BCUT2D eigenvalue weighted by Crippen LogP contribution is -2.36. The lowest BCUT2D eigenvalue weighted by atomic mass is 10.0. The van der Waals surface area contributed by atoms with E-state index in [1.165, 1.54) is 0 Å². The van der Waals surface area contributed by atoms with Crippen molar-refractivity contribution in [3.63, 3.8) is 0 Å². The summed E-state index contributed by atoms with van der Waals surface area (Å²) in [6, 6.07) is 14.4. The van der Waals surface area contributed by atoms with Crippen molar-refractivity contribution in [3.05, 3.63) is 65.2 Å². The second-order valence-electron chi connectivity index (χ2n) is 7.62. The van der Waals surface area contributed by atoms with Crippen LogP contribution < -0.4 is 10.1 Å². The Balaban J connectivity index is 1.63. The maximum Gasteiger partial charge on any atom is 0.251 e.